The Labute approximate surface area is 204 Å². The molecule has 0 aliphatic rings. The smallest absolute Gasteiger partial charge is 0.319 e. The topological polar surface area (TPSA) is 96.0 Å². The number of carbonyl (C=O) groups is 2. The van der Waals surface area contributed by atoms with Crippen molar-refractivity contribution in [2.24, 2.45) is 5.92 Å². The van der Waals surface area contributed by atoms with E-state index in [9.17, 15) is 9.59 Å². The predicted molar refractivity (Wildman–Crippen MR) is 131 cm³/mol. The lowest BCUT2D eigenvalue weighted by atomic mass is 9.98. The van der Waals surface area contributed by atoms with Crippen LogP contribution in [0.4, 0.5) is 15.6 Å². The molecule has 11 heteroatoms. The fourth-order valence-corrected chi connectivity index (χ4v) is 4.01. The van der Waals surface area contributed by atoms with Crippen LogP contribution in [0.2, 0.25) is 15.1 Å². The largest absolute Gasteiger partial charge is 0.326 e. The molecule has 0 aliphatic heterocycles. The highest BCUT2D eigenvalue weighted by Crippen LogP contribution is 2.28. The summed E-state index contributed by atoms with van der Waals surface area (Å²) in [6.07, 6.45) is 0.676. The quantitative estimate of drug-likeness (QED) is 0.344. The van der Waals surface area contributed by atoms with E-state index in [1.165, 1.54) is 17.4 Å². The van der Waals surface area contributed by atoms with E-state index in [4.69, 9.17) is 34.8 Å². The third-order valence-electron chi connectivity index (χ3n) is 4.69. The minimum atomic E-state index is -0.790. The summed E-state index contributed by atoms with van der Waals surface area (Å²) < 4.78 is 0. The van der Waals surface area contributed by atoms with Crippen molar-refractivity contribution < 1.29 is 9.59 Å². The zero-order valence-electron chi connectivity index (χ0n) is 17.2. The number of anilines is 2. The molecule has 0 fully saturated rings. The number of carbonyl (C=O) groups excluding carboxylic acids is 2. The molecule has 1 heterocycles. The Morgan fingerprint density at radius 2 is 1.81 bits per heavy atom. The van der Waals surface area contributed by atoms with Gasteiger partial charge >= 0.3 is 6.03 Å². The molecule has 7 nitrogen and oxygen atoms in total. The molecule has 3 rings (SSSR count). The molecular weight excluding hydrogens is 493 g/mol. The van der Waals surface area contributed by atoms with E-state index in [1.807, 2.05) is 26.0 Å². The van der Waals surface area contributed by atoms with E-state index >= 15 is 0 Å². The van der Waals surface area contributed by atoms with Crippen LogP contribution in [-0.2, 0) is 4.79 Å². The van der Waals surface area contributed by atoms with Crippen molar-refractivity contribution >= 4 is 68.9 Å². The zero-order valence-corrected chi connectivity index (χ0v) is 20.2. The number of aromatic nitrogens is 2. The molecule has 0 bridgehead atoms. The van der Waals surface area contributed by atoms with Gasteiger partial charge in [-0.1, -0.05) is 78.5 Å². The molecule has 2 atom stereocenters. The van der Waals surface area contributed by atoms with Crippen molar-refractivity contribution in [1.82, 2.24) is 15.5 Å². The van der Waals surface area contributed by atoms with Crippen LogP contribution in [0.3, 0.4) is 0 Å². The lowest BCUT2D eigenvalue weighted by Crippen LogP contribution is -2.49. The summed E-state index contributed by atoms with van der Waals surface area (Å²) in [5, 5.41) is 18.5. The number of urea groups is 1. The Morgan fingerprint density at radius 3 is 2.50 bits per heavy atom. The number of amides is 3. The first-order valence-corrected chi connectivity index (χ1v) is 11.6. The van der Waals surface area contributed by atoms with Crippen molar-refractivity contribution in [3.63, 3.8) is 0 Å². The molecule has 32 heavy (non-hydrogen) atoms. The summed E-state index contributed by atoms with van der Waals surface area (Å²) in [6.45, 7) is 3.81. The van der Waals surface area contributed by atoms with E-state index < -0.39 is 18.0 Å². The number of rotatable bonds is 7. The standard InChI is InChI=1S/C21H20Cl3N5O2S/c1-3-11(2)17(26-20(31)25-14-7-8-15(23)16(24)10-14)18(30)27-21-29-28-19(32-21)12-5-4-6-13(22)9-12/h4-11,17H,3H2,1-2H3,(H2,25,26,31)(H,27,29,30). The van der Waals surface area contributed by atoms with E-state index in [-0.39, 0.29) is 5.92 Å². The van der Waals surface area contributed by atoms with Gasteiger partial charge in [0, 0.05) is 16.3 Å². The molecule has 0 saturated carbocycles. The van der Waals surface area contributed by atoms with Gasteiger partial charge in [0.05, 0.1) is 10.0 Å². The second kappa shape index (κ2) is 11.0. The number of halogens is 3. The third-order valence-corrected chi connectivity index (χ3v) is 6.55. The van der Waals surface area contributed by atoms with E-state index in [0.29, 0.717) is 37.3 Å². The first-order valence-electron chi connectivity index (χ1n) is 9.69. The maximum atomic E-state index is 12.9. The van der Waals surface area contributed by atoms with Gasteiger partial charge in [0.25, 0.3) is 0 Å². The second-order valence-electron chi connectivity index (χ2n) is 7.00. The summed E-state index contributed by atoms with van der Waals surface area (Å²) in [7, 11) is 0. The van der Waals surface area contributed by atoms with Gasteiger partial charge in [-0.2, -0.15) is 0 Å². The minimum absolute atomic E-state index is 0.130. The first kappa shape index (κ1) is 24.3. The number of nitrogens with one attached hydrogen (secondary N) is 3. The zero-order chi connectivity index (χ0) is 23.3. The SMILES string of the molecule is CCC(C)C(NC(=O)Nc1ccc(Cl)c(Cl)c1)C(=O)Nc1nnc(-c2cccc(Cl)c2)s1. The van der Waals surface area contributed by atoms with Gasteiger partial charge in [-0.3, -0.25) is 10.1 Å². The summed E-state index contributed by atoms with van der Waals surface area (Å²) in [4.78, 5) is 25.4. The highest BCUT2D eigenvalue weighted by Gasteiger charge is 2.27. The molecule has 168 valence electrons. The number of nitrogens with zero attached hydrogens (tertiary/aromatic N) is 2. The lowest BCUT2D eigenvalue weighted by Gasteiger charge is -2.23. The van der Waals surface area contributed by atoms with Crippen molar-refractivity contribution in [2.75, 3.05) is 10.6 Å². The Morgan fingerprint density at radius 1 is 1.03 bits per heavy atom. The number of hydrogen-bond donors (Lipinski definition) is 3. The fourth-order valence-electron chi connectivity index (χ4n) is 2.78. The summed E-state index contributed by atoms with van der Waals surface area (Å²) in [5.74, 6) is -0.521. The van der Waals surface area contributed by atoms with Crippen LogP contribution >= 0.6 is 46.1 Å². The summed E-state index contributed by atoms with van der Waals surface area (Å²) in [5.41, 5.74) is 1.25. The Kier molecular flexibility index (Phi) is 8.31. The van der Waals surface area contributed by atoms with Gasteiger partial charge in [-0.25, -0.2) is 4.79 Å². The second-order valence-corrected chi connectivity index (χ2v) is 9.23. The van der Waals surface area contributed by atoms with Gasteiger partial charge < -0.3 is 10.6 Å². The van der Waals surface area contributed by atoms with E-state index in [1.54, 1.807) is 24.3 Å². The molecule has 2 unspecified atom stereocenters. The maximum Gasteiger partial charge on any atom is 0.319 e. The van der Waals surface area contributed by atoms with Gasteiger partial charge in [0.2, 0.25) is 11.0 Å². The molecule has 3 aromatic rings. The van der Waals surface area contributed by atoms with Crippen LogP contribution < -0.4 is 16.0 Å². The molecular formula is C21H20Cl3N5O2S. The number of benzene rings is 2. The highest BCUT2D eigenvalue weighted by molar-refractivity contribution is 7.18. The number of hydrogen-bond acceptors (Lipinski definition) is 5. The molecule has 0 radical (unpaired) electrons. The molecule has 3 N–H and O–H groups in total. The summed E-state index contributed by atoms with van der Waals surface area (Å²) in [6, 6.07) is 10.6. The molecule has 0 saturated heterocycles. The van der Waals surface area contributed by atoms with Crippen LogP contribution in [0.15, 0.2) is 42.5 Å². The van der Waals surface area contributed by atoms with Crippen molar-refractivity contribution in [3.8, 4) is 10.6 Å². The monoisotopic (exact) mass is 511 g/mol. The Hall–Kier alpha value is -2.39. The molecule has 2 aromatic carbocycles. The molecule has 0 aliphatic carbocycles. The van der Waals surface area contributed by atoms with Gasteiger partial charge in [-0.15, -0.1) is 10.2 Å². The lowest BCUT2D eigenvalue weighted by molar-refractivity contribution is -0.119. The van der Waals surface area contributed by atoms with Crippen LogP contribution in [0.5, 0.6) is 0 Å². The van der Waals surface area contributed by atoms with Crippen LogP contribution in [0, 0.1) is 5.92 Å². The normalized spacial score (nSPS) is 12.7. The Balaban J connectivity index is 1.68. The first-order chi connectivity index (χ1) is 15.3. The molecule has 3 amide bonds. The van der Waals surface area contributed by atoms with Gasteiger partial charge in [-0.05, 0) is 36.2 Å². The van der Waals surface area contributed by atoms with Crippen molar-refractivity contribution in [2.45, 2.75) is 26.3 Å². The van der Waals surface area contributed by atoms with Crippen molar-refractivity contribution in [3.05, 3.63) is 57.5 Å². The van der Waals surface area contributed by atoms with Gasteiger partial charge in [0.15, 0.2) is 0 Å². The van der Waals surface area contributed by atoms with E-state index in [2.05, 4.69) is 26.1 Å². The van der Waals surface area contributed by atoms with Crippen LogP contribution in [0.1, 0.15) is 20.3 Å². The third kappa shape index (κ3) is 6.32. The highest BCUT2D eigenvalue weighted by atomic mass is 35.5. The predicted octanol–water partition coefficient (Wildman–Crippen LogP) is 6.34. The van der Waals surface area contributed by atoms with E-state index in [0.717, 1.165) is 5.56 Å². The molecule has 1 aromatic heterocycles. The van der Waals surface area contributed by atoms with Crippen LogP contribution in [-0.4, -0.2) is 28.2 Å². The maximum absolute atomic E-state index is 12.9. The fraction of sp³-hybridized carbons (Fsp3) is 0.238. The Bertz CT molecular complexity index is 1120. The average molecular weight is 513 g/mol. The average Bonchev–Trinajstić information content (AvgIpc) is 3.22. The summed E-state index contributed by atoms with van der Waals surface area (Å²) >= 11 is 19.1. The van der Waals surface area contributed by atoms with Crippen molar-refractivity contribution in [1.29, 1.82) is 0 Å². The minimum Gasteiger partial charge on any atom is -0.326 e. The van der Waals surface area contributed by atoms with Gasteiger partial charge in [0.1, 0.15) is 11.0 Å². The molecule has 0 spiro atoms. The van der Waals surface area contributed by atoms with Crippen LogP contribution in [0.25, 0.3) is 10.6 Å².